The summed E-state index contributed by atoms with van der Waals surface area (Å²) in [5.74, 6) is -0.0620. The van der Waals surface area contributed by atoms with Crippen LogP contribution >= 0.6 is 0 Å². The van der Waals surface area contributed by atoms with Crippen molar-refractivity contribution in [2.24, 2.45) is 0 Å². The zero-order valence-electron chi connectivity index (χ0n) is 9.65. The van der Waals surface area contributed by atoms with Crippen LogP contribution in [-0.4, -0.2) is 34.9 Å². The summed E-state index contributed by atoms with van der Waals surface area (Å²) in [4.78, 5) is 16.4. The normalized spacial score (nSPS) is 19.7. The van der Waals surface area contributed by atoms with Gasteiger partial charge in [0.25, 0.3) is 0 Å². The van der Waals surface area contributed by atoms with Gasteiger partial charge in [-0.25, -0.2) is 0 Å². The molecule has 0 radical (unpaired) electrons. The minimum absolute atomic E-state index is 0.0170. The van der Waals surface area contributed by atoms with Crippen molar-refractivity contribution in [3.05, 3.63) is 18.5 Å². The number of hydrogen-bond acceptors (Lipinski definition) is 3. The van der Waals surface area contributed by atoms with E-state index in [0.29, 0.717) is 6.54 Å². The van der Waals surface area contributed by atoms with E-state index in [9.17, 15) is 4.79 Å². The lowest BCUT2D eigenvalue weighted by Gasteiger charge is -2.33. The van der Waals surface area contributed by atoms with Crippen LogP contribution in [0.2, 0.25) is 0 Å². The van der Waals surface area contributed by atoms with Crippen LogP contribution in [0, 0.1) is 11.3 Å². The summed E-state index contributed by atoms with van der Waals surface area (Å²) in [6, 6.07) is 4.16. The molecule has 1 unspecified atom stereocenters. The number of rotatable bonds is 3. The SMILES string of the molecule is N#CCC(=O)N1CCCC(Nc2cc[nH]c2)C1. The predicted octanol–water partition coefficient (Wildman–Crippen LogP) is 1.33. The molecule has 0 saturated carbocycles. The highest BCUT2D eigenvalue weighted by Gasteiger charge is 2.23. The Hall–Kier alpha value is -1.96. The molecule has 1 aromatic rings. The smallest absolute Gasteiger partial charge is 0.236 e. The van der Waals surface area contributed by atoms with Gasteiger partial charge >= 0.3 is 0 Å². The van der Waals surface area contributed by atoms with Gasteiger partial charge in [-0.1, -0.05) is 0 Å². The zero-order valence-corrected chi connectivity index (χ0v) is 9.65. The first-order chi connectivity index (χ1) is 8.29. The molecule has 17 heavy (non-hydrogen) atoms. The highest BCUT2D eigenvalue weighted by molar-refractivity contribution is 5.78. The Kier molecular flexibility index (Phi) is 3.66. The minimum atomic E-state index is -0.0620. The lowest BCUT2D eigenvalue weighted by Crippen LogP contribution is -2.44. The monoisotopic (exact) mass is 232 g/mol. The summed E-state index contributed by atoms with van der Waals surface area (Å²) in [6.45, 7) is 1.46. The molecule has 1 amide bonds. The number of carbonyl (C=O) groups excluding carboxylic acids is 1. The number of nitrogens with one attached hydrogen (secondary N) is 2. The number of H-pyrrole nitrogens is 1. The Balaban J connectivity index is 1.89. The van der Waals surface area contributed by atoms with E-state index in [1.165, 1.54) is 0 Å². The third-order valence-electron chi connectivity index (χ3n) is 2.97. The molecule has 0 aliphatic carbocycles. The maximum Gasteiger partial charge on any atom is 0.236 e. The van der Waals surface area contributed by atoms with E-state index in [1.807, 2.05) is 24.5 Å². The molecular weight excluding hydrogens is 216 g/mol. The molecule has 1 fully saturated rings. The molecule has 90 valence electrons. The number of piperidine rings is 1. The summed E-state index contributed by atoms with van der Waals surface area (Å²) in [5.41, 5.74) is 1.05. The summed E-state index contributed by atoms with van der Waals surface area (Å²) in [6.07, 6.45) is 5.79. The number of likely N-dealkylation sites (tertiary alicyclic amines) is 1. The van der Waals surface area contributed by atoms with E-state index in [1.54, 1.807) is 4.90 Å². The molecule has 5 heteroatoms. The molecular formula is C12H16N4O. The molecule has 1 aromatic heterocycles. The van der Waals surface area contributed by atoms with Crippen molar-refractivity contribution in [1.82, 2.24) is 9.88 Å². The molecule has 2 N–H and O–H groups in total. The fraction of sp³-hybridized carbons (Fsp3) is 0.500. The third kappa shape index (κ3) is 3.00. The van der Waals surface area contributed by atoms with E-state index >= 15 is 0 Å². The van der Waals surface area contributed by atoms with E-state index in [2.05, 4.69) is 10.3 Å². The molecule has 0 spiro atoms. The van der Waals surface area contributed by atoms with Gasteiger partial charge in [-0.05, 0) is 18.9 Å². The van der Waals surface area contributed by atoms with Crippen molar-refractivity contribution in [2.75, 3.05) is 18.4 Å². The van der Waals surface area contributed by atoms with Crippen LogP contribution in [0.1, 0.15) is 19.3 Å². The molecule has 5 nitrogen and oxygen atoms in total. The Bertz CT molecular complexity index is 407. The van der Waals surface area contributed by atoms with Crippen LogP contribution in [0.15, 0.2) is 18.5 Å². The molecule has 2 heterocycles. The van der Waals surface area contributed by atoms with Gasteiger partial charge in [-0.3, -0.25) is 4.79 Å². The molecule has 0 aromatic carbocycles. The van der Waals surface area contributed by atoms with E-state index in [-0.39, 0.29) is 18.4 Å². The average Bonchev–Trinajstić information content (AvgIpc) is 2.82. The van der Waals surface area contributed by atoms with E-state index < -0.39 is 0 Å². The van der Waals surface area contributed by atoms with E-state index in [0.717, 1.165) is 25.1 Å². The van der Waals surface area contributed by atoms with Crippen LogP contribution in [0.4, 0.5) is 5.69 Å². The van der Waals surface area contributed by atoms with Gasteiger partial charge in [-0.15, -0.1) is 0 Å². The highest BCUT2D eigenvalue weighted by atomic mass is 16.2. The Labute approximate surface area is 100 Å². The summed E-state index contributed by atoms with van der Waals surface area (Å²) in [7, 11) is 0. The third-order valence-corrected chi connectivity index (χ3v) is 2.97. The number of nitriles is 1. The van der Waals surface area contributed by atoms with Crippen LogP contribution in [0.3, 0.4) is 0 Å². The quantitative estimate of drug-likeness (QED) is 0.825. The summed E-state index contributed by atoms with van der Waals surface area (Å²) >= 11 is 0. The van der Waals surface area contributed by atoms with Crippen molar-refractivity contribution in [3.8, 4) is 6.07 Å². The summed E-state index contributed by atoms with van der Waals surface area (Å²) in [5, 5.41) is 11.9. The molecule has 1 atom stereocenters. The lowest BCUT2D eigenvalue weighted by atomic mass is 10.1. The molecule has 1 aliphatic heterocycles. The van der Waals surface area contributed by atoms with Gasteiger partial charge < -0.3 is 15.2 Å². The van der Waals surface area contributed by atoms with Crippen molar-refractivity contribution < 1.29 is 4.79 Å². The Morgan fingerprint density at radius 3 is 3.29 bits per heavy atom. The molecule has 0 bridgehead atoms. The minimum Gasteiger partial charge on any atom is -0.379 e. The maximum atomic E-state index is 11.6. The zero-order chi connectivity index (χ0) is 12.1. The number of aromatic nitrogens is 1. The van der Waals surface area contributed by atoms with Crippen molar-refractivity contribution >= 4 is 11.6 Å². The van der Waals surface area contributed by atoms with Gasteiger partial charge in [0, 0.05) is 31.5 Å². The Morgan fingerprint density at radius 1 is 1.71 bits per heavy atom. The molecule has 1 saturated heterocycles. The van der Waals surface area contributed by atoms with Crippen molar-refractivity contribution in [3.63, 3.8) is 0 Å². The van der Waals surface area contributed by atoms with Crippen LogP contribution in [-0.2, 0) is 4.79 Å². The lowest BCUT2D eigenvalue weighted by molar-refractivity contribution is -0.131. The molecule has 2 rings (SSSR count). The van der Waals surface area contributed by atoms with Crippen LogP contribution in [0.25, 0.3) is 0 Å². The van der Waals surface area contributed by atoms with Crippen molar-refractivity contribution in [1.29, 1.82) is 5.26 Å². The first-order valence-corrected chi connectivity index (χ1v) is 5.83. The Morgan fingerprint density at radius 2 is 2.59 bits per heavy atom. The van der Waals surface area contributed by atoms with E-state index in [4.69, 9.17) is 5.26 Å². The number of anilines is 1. The highest BCUT2D eigenvalue weighted by Crippen LogP contribution is 2.16. The second-order valence-electron chi connectivity index (χ2n) is 4.26. The molecule has 1 aliphatic rings. The maximum absolute atomic E-state index is 11.6. The van der Waals surface area contributed by atoms with Gasteiger partial charge in [0.1, 0.15) is 6.42 Å². The second kappa shape index (κ2) is 5.39. The first-order valence-electron chi connectivity index (χ1n) is 5.83. The van der Waals surface area contributed by atoms with Gasteiger partial charge in [0.05, 0.1) is 11.8 Å². The van der Waals surface area contributed by atoms with Crippen LogP contribution < -0.4 is 5.32 Å². The standard InChI is InChI=1S/C12H16N4O/c13-5-3-12(17)16-7-1-2-11(9-16)15-10-4-6-14-8-10/h4,6,8,11,14-15H,1-3,7,9H2. The number of nitrogens with zero attached hydrogens (tertiary/aromatic N) is 2. The fourth-order valence-corrected chi connectivity index (χ4v) is 2.15. The average molecular weight is 232 g/mol. The number of aromatic amines is 1. The largest absolute Gasteiger partial charge is 0.379 e. The number of amides is 1. The van der Waals surface area contributed by atoms with Gasteiger partial charge in [0.15, 0.2) is 0 Å². The van der Waals surface area contributed by atoms with Crippen molar-refractivity contribution in [2.45, 2.75) is 25.3 Å². The topological polar surface area (TPSA) is 71.9 Å². The van der Waals surface area contributed by atoms with Gasteiger partial charge in [0.2, 0.25) is 5.91 Å². The van der Waals surface area contributed by atoms with Crippen LogP contribution in [0.5, 0.6) is 0 Å². The fourth-order valence-electron chi connectivity index (χ4n) is 2.15. The predicted molar refractivity (Wildman–Crippen MR) is 64.2 cm³/mol. The summed E-state index contributed by atoms with van der Waals surface area (Å²) < 4.78 is 0. The number of carbonyl (C=O) groups is 1. The second-order valence-corrected chi connectivity index (χ2v) is 4.26. The number of hydrogen-bond donors (Lipinski definition) is 2. The first kappa shape index (κ1) is 11.5. The van der Waals surface area contributed by atoms with Gasteiger partial charge in [-0.2, -0.15) is 5.26 Å².